The third-order valence-corrected chi connectivity index (χ3v) is 4.32. The maximum Gasteiger partial charge on any atom is 0.270 e. The monoisotopic (exact) mass is 333 g/mol. The zero-order valence-electron chi connectivity index (χ0n) is 14.2. The molecule has 6 nitrogen and oxygen atoms in total. The van der Waals surface area contributed by atoms with Crippen LogP contribution in [0.5, 0.6) is 0 Å². The lowest BCUT2D eigenvalue weighted by Gasteiger charge is -2.05. The van der Waals surface area contributed by atoms with Gasteiger partial charge in [0.1, 0.15) is 17.2 Å². The first-order valence-electron chi connectivity index (χ1n) is 8.29. The zero-order chi connectivity index (χ0) is 17.4. The molecule has 2 N–H and O–H groups in total. The van der Waals surface area contributed by atoms with Crippen LogP contribution in [0.1, 0.15) is 27.6 Å². The number of hydrogen-bond donors (Lipinski definition) is 2. The quantitative estimate of drug-likeness (QED) is 0.603. The molecule has 0 unspecified atom stereocenters. The van der Waals surface area contributed by atoms with Crippen molar-refractivity contribution in [3.63, 3.8) is 0 Å². The van der Waals surface area contributed by atoms with Crippen LogP contribution in [0.2, 0.25) is 0 Å². The van der Waals surface area contributed by atoms with Gasteiger partial charge in [0.25, 0.3) is 5.91 Å². The van der Waals surface area contributed by atoms with Crippen LogP contribution in [0.3, 0.4) is 0 Å². The molecule has 0 aliphatic heterocycles. The summed E-state index contributed by atoms with van der Waals surface area (Å²) in [6.07, 6.45) is 2.52. The van der Waals surface area contributed by atoms with Gasteiger partial charge in [-0.2, -0.15) is 0 Å². The first kappa shape index (κ1) is 15.4. The van der Waals surface area contributed by atoms with Gasteiger partial charge in [0.2, 0.25) is 0 Å². The Kier molecular flexibility index (Phi) is 3.72. The van der Waals surface area contributed by atoms with Gasteiger partial charge >= 0.3 is 0 Å². The van der Waals surface area contributed by atoms with Crippen molar-refractivity contribution < 1.29 is 4.79 Å². The normalized spacial score (nSPS) is 11.3. The lowest BCUT2D eigenvalue weighted by molar-refractivity contribution is 0.0947. The summed E-state index contributed by atoms with van der Waals surface area (Å²) in [5, 5.41) is 2.97. The number of aromatic amines is 1. The molecule has 0 aliphatic carbocycles. The van der Waals surface area contributed by atoms with E-state index in [1.165, 1.54) is 0 Å². The number of fused-ring (bicyclic) bond motifs is 2. The second-order valence-electron chi connectivity index (χ2n) is 6.14. The second-order valence-corrected chi connectivity index (χ2v) is 6.14. The van der Waals surface area contributed by atoms with Gasteiger partial charge in [0, 0.05) is 19.2 Å². The largest absolute Gasteiger partial charge is 0.350 e. The molecule has 3 heterocycles. The van der Waals surface area contributed by atoms with Crippen molar-refractivity contribution in [2.75, 3.05) is 6.54 Å². The number of imidazole rings is 2. The minimum Gasteiger partial charge on any atom is -0.350 e. The van der Waals surface area contributed by atoms with Gasteiger partial charge in [-0.3, -0.25) is 9.20 Å². The predicted octanol–water partition coefficient (Wildman–Crippen LogP) is 2.80. The van der Waals surface area contributed by atoms with Crippen molar-refractivity contribution in [2.45, 2.75) is 20.3 Å². The Balaban J connectivity index is 1.49. The number of carbonyl (C=O) groups excluding carboxylic acids is 1. The highest BCUT2D eigenvalue weighted by molar-refractivity contribution is 5.94. The molecular weight excluding hydrogens is 314 g/mol. The van der Waals surface area contributed by atoms with Crippen LogP contribution in [0.15, 0.2) is 42.6 Å². The number of carbonyl (C=O) groups is 1. The topological polar surface area (TPSA) is 75.1 Å². The molecule has 4 rings (SSSR count). The molecule has 0 atom stereocenters. The standard InChI is InChI=1S/C19H19N5O/c1-12-6-5-11-24-17(13(2)21-18(12)24)19(25)20-10-9-16-22-14-7-3-4-8-15(14)23-16/h3-8,11H,9-10H2,1-2H3,(H,20,25)(H,22,23). The van der Waals surface area contributed by atoms with E-state index in [0.717, 1.165) is 33.8 Å². The summed E-state index contributed by atoms with van der Waals surface area (Å²) >= 11 is 0. The first-order chi connectivity index (χ1) is 12.1. The van der Waals surface area contributed by atoms with Crippen LogP contribution < -0.4 is 5.32 Å². The summed E-state index contributed by atoms with van der Waals surface area (Å²) in [6, 6.07) is 11.8. The van der Waals surface area contributed by atoms with Crippen molar-refractivity contribution in [3.8, 4) is 0 Å². The van der Waals surface area contributed by atoms with Gasteiger partial charge in [-0.1, -0.05) is 18.2 Å². The number of benzene rings is 1. The number of pyridine rings is 1. The van der Waals surface area contributed by atoms with Gasteiger partial charge < -0.3 is 10.3 Å². The van der Waals surface area contributed by atoms with E-state index < -0.39 is 0 Å². The highest BCUT2D eigenvalue weighted by Gasteiger charge is 2.17. The van der Waals surface area contributed by atoms with Crippen LogP contribution in [-0.2, 0) is 6.42 Å². The minimum absolute atomic E-state index is 0.119. The zero-order valence-corrected chi connectivity index (χ0v) is 14.2. The number of nitrogens with one attached hydrogen (secondary N) is 2. The summed E-state index contributed by atoms with van der Waals surface area (Å²) < 4.78 is 1.85. The first-order valence-corrected chi connectivity index (χ1v) is 8.29. The van der Waals surface area contributed by atoms with E-state index in [1.54, 1.807) is 0 Å². The number of hydrogen-bond acceptors (Lipinski definition) is 3. The molecule has 126 valence electrons. The van der Waals surface area contributed by atoms with Crippen LogP contribution >= 0.6 is 0 Å². The summed E-state index contributed by atoms with van der Waals surface area (Å²) in [6.45, 7) is 4.36. The number of nitrogens with zero attached hydrogens (tertiary/aromatic N) is 3. The number of amides is 1. The fraction of sp³-hybridized carbons (Fsp3) is 0.211. The lowest BCUT2D eigenvalue weighted by atomic mass is 10.3. The van der Waals surface area contributed by atoms with Gasteiger partial charge in [-0.25, -0.2) is 9.97 Å². The Bertz CT molecular complexity index is 1040. The maximum atomic E-state index is 12.6. The summed E-state index contributed by atoms with van der Waals surface area (Å²) in [4.78, 5) is 24.9. The third kappa shape index (κ3) is 2.76. The molecule has 0 aliphatic rings. The second kappa shape index (κ2) is 6.05. The molecule has 1 amide bonds. The lowest BCUT2D eigenvalue weighted by Crippen LogP contribution is -2.27. The minimum atomic E-state index is -0.119. The average molecular weight is 333 g/mol. The summed E-state index contributed by atoms with van der Waals surface area (Å²) in [5.41, 5.74) is 5.14. The molecule has 0 radical (unpaired) electrons. The molecular formula is C19H19N5O. The number of para-hydroxylation sites is 2. The van der Waals surface area contributed by atoms with Gasteiger partial charge in [-0.05, 0) is 37.6 Å². The van der Waals surface area contributed by atoms with Crippen molar-refractivity contribution in [3.05, 3.63) is 65.4 Å². The van der Waals surface area contributed by atoms with Gasteiger partial charge in [0.05, 0.1) is 16.7 Å². The van der Waals surface area contributed by atoms with E-state index in [2.05, 4.69) is 20.3 Å². The molecule has 6 heteroatoms. The number of aryl methyl sites for hydroxylation is 2. The summed E-state index contributed by atoms with van der Waals surface area (Å²) in [7, 11) is 0. The Hall–Kier alpha value is -3.15. The molecule has 3 aromatic heterocycles. The SMILES string of the molecule is Cc1nc2c(C)cccn2c1C(=O)NCCc1nc2ccccc2[nH]1. The van der Waals surface area contributed by atoms with Crippen molar-refractivity contribution in [2.24, 2.45) is 0 Å². The Labute approximate surface area is 144 Å². The molecule has 25 heavy (non-hydrogen) atoms. The molecule has 0 spiro atoms. The van der Waals surface area contributed by atoms with Crippen LogP contribution in [0.25, 0.3) is 16.7 Å². The Morgan fingerprint density at radius 1 is 1.16 bits per heavy atom. The fourth-order valence-electron chi connectivity index (χ4n) is 3.09. The highest BCUT2D eigenvalue weighted by Crippen LogP contribution is 2.15. The van der Waals surface area contributed by atoms with E-state index in [4.69, 9.17) is 0 Å². The van der Waals surface area contributed by atoms with Crippen molar-refractivity contribution in [1.29, 1.82) is 0 Å². The van der Waals surface area contributed by atoms with Crippen molar-refractivity contribution in [1.82, 2.24) is 24.7 Å². The van der Waals surface area contributed by atoms with E-state index >= 15 is 0 Å². The van der Waals surface area contributed by atoms with Crippen molar-refractivity contribution >= 4 is 22.6 Å². The Morgan fingerprint density at radius 2 is 2.00 bits per heavy atom. The van der Waals surface area contributed by atoms with E-state index in [9.17, 15) is 4.79 Å². The van der Waals surface area contributed by atoms with Gasteiger partial charge in [0.15, 0.2) is 0 Å². The number of aromatic nitrogens is 4. The number of rotatable bonds is 4. The maximum absolute atomic E-state index is 12.6. The van der Waals surface area contributed by atoms with Gasteiger partial charge in [-0.15, -0.1) is 0 Å². The summed E-state index contributed by atoms with van der Waals surface area (Å²) in [5.74, 6) is 0.749. The number of H-pyrrole nitrogens is 1. The van der Waals surface area contributed by atoms with Crippen LogP contribution in [0, 0.1) is 13.8 Å². The molecule has 1 aromatic carbocycles. The molecule has 0 bridgehead atoms. The molecule has 0 fully saturated rings. The molecule has 0 saturated carbocycles. The fourth-order valence-corrected chi connectivity index (χ4v) is 3.09. The van der Waals surface area contributed by atoms with Crippen LogP contribution in [0.4, 0.5) is 0 Å². The third-order valence-electron chi connectivity index (χ3n) is 4.32. The molecule has 4 aromatic rings. The van der Waals surface area contributed by atoms with E-state index in [0.29, 0.717) is 18.7 Å². The van der Waals surface area contributed by atoms with Crippen LogP contribution in [-0.4, -0.2) is 31.8 Å². The predicted molar refractivity (Wildman–Crippen MR) is 96.8 cm³/mol. The highest BCUT2D eigenvalue weighted by atomic mass is 16.1. The smallest absolute Gasteiger partial charge is 0.270 e. The van der Waals surface area contributed by atoms with E-state index in [-0.39, 0.29) is 5.91 Å². The molecule has 0 saturated heterocycles. The Morgan fingerprint density at radius 3 is 2.84 bits per heavy atom. The van der Waals surface area contributed by atoms with E-state index in [1.807, 2.05) is 60.8 Å². The average Bonchev–Trinajstić information content (AvgIpc) is 3.15.